The van der Waals surface area contributed by atoms with E-state index in [4.69, 9.17) is 4.42 Å². The summed E-state index contributed by atoms with van der Waals surface area (Å²) in [4.78, 5) is 19.8. The van der Waals surface area contributed by atoms with Crippen molar-refractivity contribution in [1.29, 1.82) is 0 Å². The lowest BCUT2D eigenvalue weighted by molar-refractivity contribution is 0.0915. The van der Waals surface area contributed by atoms with Crippen molar-refractivity contribution in [3.05, 3.63) is 90.1 Å². The summed E-state index contributed by atoms with van der Waals surface area (Å²) in [5.74, 6) is 0.0390. The standard InChI is InChI=1S/C19H15N3O2/c23-19(17-7-4-10-24-17)22-18(13-5-2-1-3-6-13)14-8-9-15-16(11-14)21-12-20-15/h1-12,18H,(H,20,21)(H,22,23). The molecule has 4 rings (SSSR count). The van der Waals surface area contributed by atoms with Crippen molar-refractivity contribution in [3.63, 3.8) is 0 Å². The molecule has 0 spiro atoms. The monoisotopic (exact) mass is 317 g/mol. The van der Waals surface area contributed by atoms with Crippen LogP contribution >= 0.6 is 0 Å². The Morgan fingerprint density at radius 1 is 1.04 bits per heavy atom. The second kappa shape index (κ2) is 6.04. The fourth-order valence-corrected chi connectivity index (χ4v) is 2.75. The minimum atomic E-state index is -0.281. The fraction of sp³-hybridized carbons (Fsp3) is 0.0526. The number of hydrogen-bond acceptors (Lipinski definition) is 3. The first kappa shape index (κ1) is 14.3. The largest absolute Gasteiger partial charge is 0.459 e. The van der Waals surface area contributed by atoms with E-state index in [-0.39, 0.29) is 11.9 Å². The van der Waals surface area contributed by atoms with E-state index in [2.05, 4.69) is 15.3 Å². The molecule has 118 valence electrons. The Bertz CT molecular complexity index is 959. The molecule has 1 atom stereocenters. The molecule has 2 heterocycles. The fourth-order valence-electron chi connectivity index (χ4n) is 2.75. The lowest BCUT2D eigenvalue weighted by atomic mass is 9.98. The summed E-state index contributed by atoms with van der Waals surface area (Å²) in [7, 11) is 0. The molecule has 0 aliphatic rings. The molecule has 0 saturated heterocycles. The lowest BCUT2D eigenvalue weighted by Gasteiger charge is -2.19. The first-order chi connectivity index (χ1) is 11.8. The molecule has 1 unspecified atom stereocenters. The van der Waals surface area contributed by atoms with E-state index in [1.807, 2.05) is 48.5 Å². The third-order valence-corrected chi connectivity index (χ3v) is 3.93. The lowest BCUT2D eigenvalue weighted by Crippen LogP contribution is -2.29. The maximum Gasteiger partial charge on any atom is 0.287 e. The SMILES string of the molecule is O=C(NC(c1ccccc1)c1ccc2nc[nH]c2c1)c1ccco1. The quantitative estimate of drug-likeness (QED) is 0.603. The Kier molecular flexibility index (Phi) is 3.59. The van der Waals surface area contributed by atoms with Crippen LogP contribution in [0.5, 0.6) is 0 Å². The number of nitrogens with zero attached hydrogens (tertiary/aromatic N) is 1. The minimum absolute atomic E-state index is 0.251. The van der Waals surface area contributed by atoms with E-state index in [0.717, 1.165) is 22.2 Å². The first-order valence-corrected chi connectivity index (χ1v) is 7.63. The number of carbonyl (C=O) groups excluding carboxylic acids is 1. The molecule has 1 amide bonds. The predicted molar refractivity (Wildman–Crippen MR) is 90.6 cm³/mol. The van der Waals surface area contributed by atoms with Crippen LogP contribution in [0.4, 0.5) is 0 Å². The highest BCUT2D eigenvalue weighted by atomic mass is 16.3. The van der Waals surface area contributed by atoms with Crippen LogP contribution in [-0.4, -0.2) is 15.9 Å². The Morgan fingerprint density at radius 3 is 2.71 bits per heavy atom. The highest BCUT2D eigenvalue weighted by molar-refractivity contribution is 5.92. The smallest absolute Gasteiger partial charge is 0.287 e. The molecule has 0 aliphatic heterocycles. The van der Waals surface area contributed by atoms with E-state index in [9.17, 15) is 4.79 Å². The van der Waals surface area contributed by atoms with Gasteiger partial charge >= 0.3 is 0 Å². The van der Waals surface area contributed by atoms with Crippen molar-refractivity contribution < 1.29 is 9.21 Å². The molecule has 5 heteroatoms. The molecule has 24 heavy (non-hydrogen) atoms. The zero-order valence-corrected chi connectivity index (χ0v) is 12.8. The third-order valence-electron chi connectivity index (χ3n) is 3.93. The van der Waals surface area contributed by atoms with Crippen molar-refractivity contribution in [2.45, 2.75) is 6.04 Å². The van der Waals surface area contributed by atoms with Gasteiger partial charge in [0.25, 0.3) is 5.91 Å². The molecule has 4 aromatic rings. The van der Waals surface area contributed by atoms with Crippen molar-refractivity contribution in [2.75, 3.05) is 0 Å². The molecule has 0 saturated carbocycles. The van der Waals surface area contributed by atoms with Gasteiger partial charge in [0.15, 0.2) is 5.76 Å². The van der Waals surface area contributed by atoms with Crippen LogP contribution in [0.15, 0.2) is 77.7 Å². The van der Waals surface area contributed by atoms with Gasteiger partial charge in [-0.25, -0.2) is 4.98 Å². The Balaban J connectivity index is 1.73. The molecule has 0 radical (unpaired) electrons. The predicted octanol–water partition coefficient (Wildman–Crippen LogP) is 3.68. The molecule has 0 bridgehead atoms. The summed E-state index contributed by atoms with van der Waals surface area (Å²) in [6.45, 7) is 0. The second-order valence-corrected chi connectivity index (χ2v) is 5.47. The maximum atomic E-state index is 12.5. The van der Waals surface area contributed by atoms with Gasteiger partial charge in [-0.15, -0.1) is 0 Å². The zero-order valence-electron chi connectivity index (χ0n) is 12.8. The van der Waals surface area contributed by atoms with Crippen LogP contribution in [0, 0.1) is 0 Å². The molecule has 0 fully saturated rings. The summed E-state index contributed by atoms with van der Waals surface area (Å²) < 4.78 is 5.20. The molecule has 0 aliphatic carbocycles. The van der Waals surface area contributed by atoms with Crippen LogP contribution in [-0.2, 0) is 0 Å². The number of carbonyl (C=O) groups is 1. The van der Waals surface area contributed by atoms with Crippen molar-refractivity contribution in [3.8, 4) is 0 Å². The minimum Gasteiger partial charge on any atom is -0.459 e. The summed E-state index contributed by atoms with van der Waals surface area (Å²) in [5, 5.41) is 3.04. The number of amides is 1. The average molecular weight is 317 g/mol. The number of hydrogen-bond donors (Lipinski definition) is 2. The highest BCUT2D eigenvalue weighted by Crippen LogP contribution is 2.25. The Labute approximate surface area is 138 Å². The number of fused-ring (bicyclic) bond motifs is 1. The van der Waals surface area contributed by atoms with E-state index >= 15 is 0 Å². The first-order valence-electron chi connectivity index (χ1n) is 7.63. The normalized spacial score (nSPS) is 12.2. The van der Waals surface area contributed by atoms with Gasteiger partial charge in [-0.05, 0) is 35.4 Å². The van der Waals surface area contributed by atoms with E-state index in [0.29, 0.717) is 5.76 Å². The number of aromatic amines is 1. The Morgan fingerprint density at radius 2 is 1.92 bits per heavy atom. The van der Waals surface area contributed by atoms with Gasteiger partial charge in [-0.3, -0.25) is 4.79 Å². The van der Waals surface area contributed by atoms with Gasteiger partial charge in [0.2, 0.25) is 0 Å². The number of H-pyrrole nitrogens is 1. The molecule has 2 aromatic heterocycles. The molecule has 2 aromatic carbocycles. The number of aromatic nitrogens is 2. The summed E-state index contributed by atoms with van der Waals surface area (Å²) in [6.07, 6.45) is 3.15. The summed E-state index contributed by atoms with van der Waals surface area (Å²) in [5.41, 5.74) is 3.79. The molecule has 2 N–H and O–H groups in total. The number of nitrogens with one attached hydrogen (secondary N) is 2. The van der Waals surface area contributed by atoms with Crippen molar-refractivity contribution in [1.82, 2.24) is 15.3 Å². The van der Waals surface area contributed by atoms with Gasteiger partial charge in [0.05, 0.1) is 29.7 Å². The van der Waals surface area contributed by atoms with Crippen molar-refractivity contribution >= 4 is 16.9 Å². The van der Waals surface area contributed by atoms with Gasteiger partial charge in [-0.2, -0.15) is 0 Å². The van der Waals surface area contributed by atoms with Gasteiger partial charge in [-0.1, -0.05) is 36.4 Å². The topological polar surface area (TPSA) is 70.9 Å². The summed E-state index contributed by atoms with van der Waals surface area (Å²) >= 11 is 0. The number of rotatable bonds is 4. The third kappa shape index (κ3) is 2.67. The van der Waals surface area contributed by atoms with Crippen LogP contribution < -0.4 is 5.32 Å². The average Bonchev–Trinajstić information content (AvgIpc) is 3.31. The van der Waals surface area contributed by atoms with Gasteiger partial charge in [0.1, 0.15) is 0 Å². The number of furan rings is 1. The Hall–Kier alpha value is -3.34. The van der Waals surface area contributed by atoms with Gasteiger partial charge < -0.3 is 14.7 Å². The van der Waals surface area contributed by atoms with Crippen LogP contribution in [0.1, 0.15) is 27.7 Å². The van der Waals surface area contributed by atoms with Crippen molar-refractivity contribution in [2.24, 2.45) is 0 Å². The van der Waals surface area contributed by atoms with Crippen LogP contribution in [0.3, 0.4) is 0 Å². The summed E-state index contributed by atoms with van der Waals surface area (Å²) in [6, 6.07) is 18.8. The second-order valence-electron chi connectivity index (χ2n) is 5.47. The zero-order chi connectivity index (χ0) is 16.4. The van der Waals surface area contributed by atoms with Gasteiger partial charge in [0, 0.05) is 0 Å². The highest BCUT2D eigenvalue weighted by Gasteiger charge is 2.19. The van der Waals surface area contributed by atoms with Crippen LogP contribution in [0.25, 0.3) is 11.0 Å². The van der Waals surface area contributed by atoms with E-state index in [1.165, 1.54) is 6.26 Å². The van der Waals surface area contributed by atoms with Crippen LogP contribution in [0.2, 0.25) is 0 Å². The molecular formula is C19H15N3O2. The van der Waals surface area contributed by atoms with E-state index < -0.39 is 0 Å². The number of benzene rings is 2. The van der Waals surface area contributed by atoms with E-state index in [1.54, 1.807) is 18.5 Å². The molecular weight excluding hydrogens is 302 g/mol. The maximum absolute atomic E-state index is 12.5. The number of imidazole rings is 1. The molecule has 5 nitrogen and oxygen atoms in total.